The fourth-order valence-corrected chi connectivity index (χ4v) is 3.01. The molecule has 0 unspecified atom stereocenters. The third-order valence-electron chi connectivity index (χ3n) is 4.14. The maximum Gasteiger partial charge on any atom is 0.0539 e. The molecule has 0 aliphatic rings. The van der Waals surface area contributed by atoms with Crippen LogP contribution in [0.3, 0.4) is 0 Å². The van der Waals surface area contributed by atoms with Crippen LogP contribution in [0, 0.1) is 0 Å². The Morgan fingerprint density at radius 1 is 0.720 bits per heavy atom. The minimum absolute atomic E-state index is 1.15. The molecule has 0 amide bonds. The molecular weight excluding hydrogens is 302 g/mol. The first-order valence-electron chi connectivity index (χ1n) is 8.63. The quantitative estimate of drug-likeness (QED) is 0.458. The summed E-state index contributed by atoms with van der Waals surface area (Å²) in [7, 11) is 0. The molecule has 0 aliphatic heterocycles. The average molecular weight is 325 g/mol. The van der Waals surface area contributed by atoms with Gasteiger partial charge in [-0.1, -0.05) is 78.9 Å². The van der Waals surface area contributed by atoms with Crippen molar-refractivity contribution < 1.29 is 0 Å². The molecule has 0 radical (unpaired) electrons. The van der Waals surface area contributed by atoms with Crippen LogP contribution >= 0.6 is 0 Å². The second-order valence-corrected chi connectivity index (χ2v) is 5.77. The molecule has 1 heteroatoms. The second kappa shape index (κ2) is 8.16. The minimum atomic E-state index is 1.15. The highest BCUT2D eigenvalue weighted by atomic mass is 15.1. The van der Waals surface area contributed by atoms with E-state index in [-0.39, 0.29) is 0 Å². The molecule has 0 atom stereocenters. The summed E-state index contributed by atoms with van der Waals surface area (Å²) in [5.74, 6) is 0. The summed E-state index contributed by atoms with van der Waals surface area (Å²) < 4.78 is 0. The lowest BCUT2D eigenvalue weighted by Crippen LogP contribution is -2.16. The van der Waals surface area contributed by atoms with Crippen molar-refractivity contribution >= 4 is 11.4 Å². The number of nitrogens with zero attached hydrogens (tertiary/aromatic N) is 1. The fraction of sp³-hybridized carbons (Fsp3) is 0.0833. The van der Waals surface area contributed by atoms with E-state index in [2.05, 4.69) is 122 Å². The smallest absolute Gasteiger partial charge is 0.0539 e. The zero-order chi connectivity index (χ0) is 17.5. The molecule has 0 heterocycles. The predicted octanol–water partition coefficient (Wildman–Crippen LogP) is 6.97. The van der Waals surface area contributed by atoms with Crippen molar-refractivity contribution in [3.8, 4) is 11.1 Å². The predicted molar refractivity (Wildman–Crippen MR) is 109 cm³/mol. The van der Waals surface area contributed by atoms with Crippen molar-refractivity contribution in [2.24, 2.45) is 0 Å². The highest BCUT2D eigenvalue weighted by Crippen LogP contribution is 2.37. The van der Waals surface area contributed by atoms with E-state index in [9.17, 15) is 0 Å². The number of allylic oxidation sites excluding steroid dienone is 3. The van der Waals surface area contributed by atoms with E-state index in [4.69, 9.17) is 0 Å². The van der Waals surface area contributed by atoms with Gasteiger partial charge in [-0.15, -0.1) is 0 Å². The van der Waals surface area contributed by atoms with Gasteiger partial charge in [0.15, 0.2) is 0 Å². The molecule has 0 aliphatic carbocycles. The first-order chi connectivity index (χ1) is 12.3. The summed E-state index contributed by atoms with van der Waals surface area (Å²) in [5, 5.41) is 0. The van der Waals surface area contributed by atoms with Crippen LogP contribution in [0.1, 0.15) is 13.8 Å². The molecule has 124 valence electrons. The lowest BCUT2D eigenvalue weighted by molar-refractivity contribution is 1.20. The number of benzene rings is 3. The Morgan fingerprint density at radius 2 is 1.32 bits per heavy atom. The molecule has 0 bridgehead atoms. The molecule has 1 nitrogen and oxygen atoms in total. The third-order valence-corrected chi connectivity index (χ3v) is 4.14. The molecule has 0 saturated heterocycles. The number of para-hydroxylation sites is 2. The maximum atomic E-state index is 2.31. The number of anilines is 2. The molecule has 0 spiro atoms. The molecule has 0 N–H and O–H groups in total. The van der Waals surface area contributed by atoms with E-state index >= 15 is 0 Å². The van der Waals surface area contributed by atoms with Crippen LogP contribution in [-0.4, -0.2) is 0 Å². The van der Waals surface area contributed by atoms with Crippen molar-refractivity contribution in [3.63, 3.8) is 0 Å². The number of hydrogen-bond donors (Lipinski definition) is 0. The van der Waals surface area contributed by atoms with E-state index < -0.39 is 0 Å². The Balaban J connectivity index is 2.22. The molecule has 3 aromatic carbocycles. The standard InChI is InChI=1S/C24H23N/c1-3-13-21(4-2)25(22-16-9-6-10-17-22)24-19-12-11-18-23(24)20-14-7-5-8-15-20/h3-19H,1-2H3/b13-3-,21-4+. The monoisotopic (exact) mass is 325 g/mol. The Morgan fingerprint density at radius 3 is 1.96 bits per heavy atom. The van der Waals surface area contributed by atoms with Gasteiger partial charge in [0.05, 0.1) is 5.69 Å². The van der Waals surface area contributed by atoms with Crippen molar-refractivity contribution in [1.82, 2.24) is 0 Å². The Labute approximate surface area is 150 Å². The Bertz CT molecular complexity index is 861. The molecule has 25 heavy (non-hydrogen) atoms. The van der Waals surface area contributed by atoms with Crippen LogP contribution in [-0.2, 0) is 0 Å². The van der Waals surface area contributed by atoms with E-state index in [0.29, 0.717) is 0 Å². The van der Waals surface area contributed by atoms with Gasteiger partial charge in [-0.05, 0) is 43.7 Å². The van der Waals surface area contributed by atoms with E-state index in [1.165, 1.54) is 16.8 Å². The van der Waals surface area contributed by atoms with E-state index in [0.717, 1.165) is 11.4 Å². The van der Waals surface area contributed by atoms with Crippen molar-refractivity contribution in [2.75, 3.05) is 4.90 Å². The summed E-state index contributed by atoms with van der Waals surface area (Å²) in [6.07, 6.45) is 6.37. The van der Waals surface area contributed by atoms with Gasteiger partial charge in [0.25, 0.3) is 0 Å². The summed E-state index contributed by atoms with van der Waals surface area (Å²) >= 11 is 0. The lowest BCUT2D eigenvalue weighted by Gasteiger charge is -2.28. The molecule has 0 fully saturated rings. The lowest BCUT2D eigenvalue weighted by atomic mass is 10.0. The minimum Gasteiger partial charge on any atom is -0.310 e. The average Bonchev–Trinajstić information content (AvgIpc) is 2.69. The van der Waals surface area contributed by atoms with Crippen molar-refractivity contribution in [2.45, 2.75) is 13.8 Å². The van der Waals surface area contributed by atoms with E-state index in [1.807, 2.05) is 0 Å². The first kappa shape index (κ1) is 16.8. The highest BCUT2D eigenvalue weighted by Gasteiger charge is 2.16. The number of rotatable bonds is 5. The van der Waals surface area contributed by atoms with Gasteiger partial charge in [0.1, 0.15) is 0 Å². The van der Waals surface area contributed by atoms with Crippen molar-refractivity contribution in [1.29, 1.82) is 0 Å². The van der Waals surface area contributed by atoms with Gasteiger partial charge in [-0.25, -0.2) is 0 Å². The van der Waals surface area contributed by atoms with Gasteiger partial charge in [0.2, 0.25) is 0 Å². The van der Waals surface area contributed by atoms with E-state index in [1.54, 1.807) is 0 Å². The molecule has 0 saturated carbocycles. The Kier molecular flexibility index (Phi) is 5.48. The van der Waals surface area contributed by atoms with Gasteiger partial charge >= 0.3 is 0 Å². The van der Waals surface area contributed by atoms with Crippen LogP contribution in [0.5, 0.6) is 0 Å². The van der Waals surface area contributed by atoms with Crippen LogP contribution in [0.2, 0.25) is 0 Å². The topological polar surface area (TPSA) is 3.24 Å². The Hall–Kier alpha value is -3.06. The third kappa shape index (κ3) is 3.72. The van der Waals surface area contributed by atoms with Crippen LogP contribution in [0.15, 0.2) is 109 Å². The summed E-state index contributed by atoms with van der Waals surface area (Å²) in [5.41, 5.74) is 5.91. The largest absolute Gasteiger partial charge is 0.310 e. The normalized spacial score (nSPS) is 11.7. The maximum absolute atomic E-state index is 2.31. The fourth-order valence-electron chi connectivity index (χ4n) is 3.01. The SMILES string of the molecule is C/C=C\C(=C/C)N(c1ccccc1)c1ccccc1-c1ccccc1. The molecule has 3 rings (SSSR count). The molecule has 0 aromatic heterocycles. The first-order valence-corrected chi connectivity index (χ1v) is 8.63. The van der Waals surface area contributed by atoms with Crippen LogP contribution < -0.4 is 4.90 Å². The molecular formula is C24H23N. The second-order valence-electron chi connectivity index (χ2n) is 5.77. The van der Waals surface area contributed by atoms with Gasteiger partial charge < -0.3 is 4.90 Å². The zero-order valence-corrected chi connectivity index (χ0v) is 14.8. The van der Waals surface area contributed by atoms with Crippen LogP contribution in [0.25, 0.3) is 11.1 Å². The number of hydrogen-bond acceptors (Lipinski definition) is 1. The van der Waals surface area contributed by atoms with Gasteiger partial charge in [-0.2, -0.15) is 0 Å². The highest BCUT2D eigenvalue weighted by molar-refractivity contribution is 5.85. The summed E-state index contributed by atoms with van der Waals surface area (Å²) in [4.78, 5) is 2.31. The zero-order valence-electron chi connectivity index (χ0n) is 14.8. The van der Waals surface area contributed by atoms with Crippen molar-refractivity contribution in [3.05, 3.63) is 109 Å². The van der Waals surface area contributed by atoms with Gasteiger partial charge in [-0.3, -0.25) is 0 Å². The summed E-state index contributed by atoms with van der Waals surface area (Å²) in [6, 6.07) is 29.6. The van der Waals surface area contributed by atoms with Gasteiger partial charge in [0, 0.05) is 16.9 Å². The summed E-state index contributed by atoms with van der Waals surface area (Å²) in [6.45, 7) is 4.13. The molecule has 3 aromatic rings. The van der Waals surface area contributed by atoms with Crippen LogP contribution in [0.4, 0.5) is 11.4 Å².